The van der Waals surface area contributed by atoms with Gasteiger partial charge in [0.25, 0.3) is 0 Å². The van der Waals surface area contributed by atoms with E-state index in [1.54, 1.807) is 0 Å². The van der Waals surface area contributed by atoms with Gasteiger partial charge in [-0.15, -0.1) is 11.8 Å². The highest BCUT2D eigenvalue weighted by molar-refractivity contribution is 9.09. The molecule has 1 aromatic carbocycles. The van der Waals surface area contributed by atoms with Crippen molar-refractivity contribution in [1.29, 1.82) is 0 Å². The zero-order valence-corrected chi connectivity index (χ0v) is 12.7. The van der Waals surface area contributed by atoms with Crippen molar-refractivity contribution in [2.75, 3.05) is 10.6 Å². The van der Waals surface area contributed by atoms with Crippen molar-refractivity contribution in [2.24, 2.45) is 0 Å². The molecule has 1 saturated carbocycles. The Balaban J connectivity index is 2.02. The van der Waals surface area contributed by atoms with Crippen molar-refractivity contribution in [3.05, 3.63) is 24.3 Å². The molecule has 1 aliphatic carbocycles. The zero-order valence-electron chi connectivity index (χ0n) is 10.3. The molecule has 1 aliphatic rings. The topological polar surface area (TPSA) is 29.1 Å². The van der Waals surface area contributed by atoms with E-state index in [2.05, 4.69) is 27.3 Å². The summed E-state index contributed by atoms with van der Waals surface area (Å²) in [5.41, 5.74) is 0.959. The number of nitrogens with one attached hydrogen (secondary N) is 1. The van der Waals surface area contributed by atoms with Gasteiger partial charge in [0.15, 0.2) is 0 Å². The van der Waals surface area contributed by atoms with Gasteiger partial charge in [-0.25, -0.2) is 0 Å². The van der Waals surface area contributed by atoms with Crippen LogP contribution in [0.3, 0.4) is 0 Å². The van der Waals surface area contributed by atoms with Gasteiger partial charge in [-0.05, 0) is 25.0 Å². The number of carbonyl (C=O) groups is 1. The minimum atomic E-state index is 0.0753. The minimum Gasteiger partial charge on any atom is -0.325 e. The highest BCUT2D eigenvalue weighted by Gasteiger charge is 2.17. The summed E-state index contributed by atoms with van der Waals surface area (Å²) in [6.45, 7) is 0. The normalized spacial score (nSPS) is 15.8. The fraction of sp³-hybridized carbons (Fsp3) is 0.500. The second-order valence-electron chi connectivity index (χ2n) is 4.51. The van der Waals surface area contributed by atoms with E-state index >= 15 is 0 Å². The van der Waals surface area contributed by atoms with Crippen LogP contribution < -0.4 is 5.32 Å². The molecular weight excluding hydrogens is 310 g/mol. The summed E-state index contributed by atoms with van der Waals surface area (Å²) in [6, 6.07) is 8.11. The number of carbonyl (C=O) groups excluding carboxylic acids is 1. The molecule has 0 saturated heterocycles. The summed E-state index contributed by atoms with van der Waals surface area (Å²) in [5, 5.41) is 4.42. The number of halogens is 1. The first-order chi connectivity index (χ1) is 8.79. The van der Waals surface area contributed by atoms with E-state index in [0.29, 0.717) is 11.8 Å². The molecule has 1 aromatic rings. The van der Waals surface area contributed by atoms with E-state index in [-0.39, 0.29) is 5.91 Å². The van der Waals surface area contributed by atoms with Gasteiger partial charge in [0, 0.05) is 21.9 Å². The first-order valence-corrected chi connectivity index (χ1v) is 8.41. The quantitative estimate of drug-likeness (QED) is 0.810. The summed E-state index contributed by atoms with van der Waals surface area (Å²) in [7, 11) is 0. The Morgan fingerprint density at radius 3 is 2.78 bits per heavy atom. The van der Waals surface area contributed by atoms with Crippen molar-refractivity contribution in [3.8, 4) is 0 Å². The van der Waals surface area contributed by atoms with Crippen molar-refractivity contribution in [2.45, 2.75) is 42.2 Å². The molecule has 0 radical (unpaired) electrons. The van der Waals surface area contributed by atoms with Crippen molar-refractivity contribution in [3.63, 3.8) is 0 Å². The third-order valence-corrected chi connectivity index (χ3v) is 4.89. The second-order valence-corrected chi connectivity index (χ2v) is 6.64. The average Bonchev–Trinajstić information content (AvgIpc) is 2.85. The van der Waals surface area contributed by atoms with Crippen LogP contribution in [0.5, 0.6) is 0 Å². The fourth-order valence-corrected chi connectivity index (χ4v) is 3.85. The molecule has 2 rings (SSSR count). The Morgan fingerprint density at radius 2 is 2.06 bits per heavy atom. The number of hydrogen-bond acceptors (Lipinski definition) is 2. The van der Waals surface area contributed by atoms with E-state index < -0.39 is 0 Å². The SMILES string of the molecule is O=C(CCBr)Nc1ccccc1SC1CCCC1. The molecule has 0 bridgehead atoms. The molecule has 0 spiro atoms. The Labute approximate surface area is 121 Å². The second kappa shape index (κ2) is 7.19. The lowest BCUT2D eigenvalue weighted by molar-refractivity contribution is -0.115. The van der Waals surface area contributed by atoms with Gasteiger partial charge in [-0.2, -0.15) is 0 Å². The van der Waals surface area contributed by atoms with Gasteiger partial charge in [0.05, 0.1) is 5.69 Å². The molecule has 0 unspecified atom stereocenters. The highest BCUT2D eigenvalue weighted by atomic mass is 79.9. The standard InChI is InChI=1S/C14H18BrNOS/c15-10-9-14(17)16-12-7-3-4-8-13(12)18-11-5-1-2-6-11/h3-4,7-8,11H,1-2,5-6,9-10H2,(H,16,17). The van der Waals surface area contributed by atoms with Gasteiger partial charge in [0.2, 0.25) is 5.91 Å². The van der Waals surface area contributed by atoms with Crippen LogP contribution in [0.2, 0.25) is 0 Å². The summed E-state index contributed by atoms with van der Waals surface area (Å²) in [4.78, 5) is 12.9. The summed E-state index contributed by atoms with van der Waals surface area (Å²) >= 11 is 5.20. The van der Waals surface area contributed by atoms with Crippen LogP contribution in [0.15, 0.2) is 29.2 Å². The zero-order chi connectivity index (χ0) is 12.8. The number of alkyl halides is 1. The highest BCUT2D eigenvalue weighted by Crippen LogP contribution is 2.37. The summed E-state index contributed by atoms with van der Waals surface area (Å²) in [6.07, 6.45) is 5.80. The molecule has 0 aliphatic heterocycles. The van der Waals surface area contributed by atoms with Gasteiger partial charge in [0.1, 0.15) is 0 Å². The average molecular weight is 328 g/mol. The monoisotopic (exact) mass is 327 g/mol. The predicted octanol–water partition coefficient (Wildman–Crippen LogP) is 4.44. The number of benzene rings is 1. The fourth-order valence-electron chi connectivity index (χ4n) is 2.16. The van der Waals surface area contributed by atoms with Gasteiger partial charge in [-0.3, -0.25) is 4.79 Å². The lowest BCUT2D eigenvalue weighted by Gasteiger charge is -2.13. The molecule has 98 valence electrons. The van der Waals surface area contributed by atoms with Gasteiger partial charge in [-0.1, -0.05) is 40.9 Å². The maximum atomic E-state index is 11.7. The maximum absolute atomic E-state index is 11.7. The third-order valence-electron chi connectivity index (χ3n) is 3.08. The third kappa shape index (κ3) is 4.02. The smallest absolute Gasteiger partial charge is 0.225 e. The summed E-state index contributed by atoms with van der Waals surface area (Å²) < 4.78 is 0. The number of para-hydroxylation sites is 1. The molecule has 0 atom stereocenters. The van der Waals surface area contributed by atoms with Gasteiger partial charge < -0.3 is 5.32 Å². The van der Waals surface area contributed by atoms with E-state index in [9.17, 15) is 4.79 Å². The number of rotatable bonds is 5. The van der Waals surface area contributed by atoms with Crippen LogP contribution in [0.25, 0.3) is 0 Å². The van der Waals surface area contributed by atoms with Crippen molar-refractivity contribution < 1.29 is 4.79 Å². The molecule has 2 nitrogen and oxygen atoms in total. The molecular formula is C14H18BrNOS. The molecule has 18 heavy (non-hydrogen) atoms. The van der Waals surface area contributed by atoms with E-state index in [0.717, 1.165) is 10.9 Å². The summed E-state index contributed by atoms with van der Waals surface area (Å²) in [5.74, 6) is 0.0753. The lowest BCUT2D eigenvalue weighted by atomic mass is 10.3. The predicted molar refractivity (Wildman–Crippen MR) is 81.6 cm³/mol. The van der Waals surface area contributed by atoms with Crippen LogP contribution in [0, 0.1) is 0 Å². The Morgan fingerprint density at radius 1 is 1.33 bits per heavy atom. The molecule has 1 fully saturated rings. The first-order valence-electron chi connectivity index (χ1n) is 6.41. The Hall–Kier alpha value is -0.480. The van der Waals surface area contributed by atoms with Crippen molar-refractivity contribution >= 4 is 39.3 Å². The first kappa shape index (κ1) is 13.9. The van der Waals surface area contributed by atoms with Crippen molar-refractivity contribution in [1.82, 2.24) is 0 Å². The maximum Gasteiger partial charge on any atom is 0.225 e. The van der Waals surface area contributed by atoms with Crippen LogP contribution >= 0.6 is 27.7 Å². The van der Waals surface area contributed by atoms with E-state index in [1.807, 2.05) is 30.0 Å². The van der Waals surface area contributed by atoms with Crippen LogP contribution in [0.4, 0.5) is 5.69 Å². The Kier molecular flexibility index (Phi) is 5.57. The van der Waals surface area contributed by atoms with Gasteiger partial charge >= 0.3 is 0 Å². The Bertz CT molecular complexity index is 405. The van der Waals surface area contributed by atoms with Crippen LogP contribution in [0.1, 0.15) is 32.1 Å². The van der Waals surface area contributed by atoms with Crippen LogP contribution in [-0.2, 0) is 4.79 Å². The molecule has 4 heteroatoms. The minimum absolute atomic E-state index is 0.0753. The van der Waals surface area contributed by atoms with E-state index in [1.165, 1.54) is 30.6 Å². The molecule has 0 aromatic heterocycles. The number of hydrogen-bond donors (Lipinski definition) is 1. The largest absolute Gasteiger partial charge is 0.325 e. The number of amides is 1. The number of anilines is 1. The molecule has 0 heterocycles. The van der Waals surface area contributed by atoms with E-state index in [4.69, 9.17) is 0 Å². The lowest BCUT2D eigenvalue weighted by Crippen LogP contribution is -2.12. The van der Waals surface area contributed by atoms with Crippen LogP contribution in [-0.4, -0.2) is 16.5 Å². The molecule has 1 amide bonds. The number of thioether (sulfide) groups is 1. The molecule has 1 N–H and O–H groups in total.